The van der Waals surface area contributed by atoms with Crippen molar-refractivity contribution in [2.24, 2.45) is 0 Å². The molecule has 1 aromatic carbocycles. The number of aliphatic hydroxyl groups excluding tert-OH is 1. The van der Waals surface area contributed by atoms with Crippen LogP contribution in [0, 0.1) is 6.92 Å². The molecular formula is C11H16ClNO2. The minimum Gasteiger partial charge on any atom is -0.394 e. The molecule has 0 spiro atoms. The van der Waals surface area contributed by atoms with E-state index in [0.29, 0.717) is 19.8 Å². The number of hydrogen-bond acceptors (Lipinski definition) is 3. The summed E-state index contributed by atoms with van der Waals surface area (Å²) in [5.41, 5.74) is 2.07. The number of anilines is 1. The smallest absolute Gasteiger partial charge is 0.0698 e. The number of hydrogen-bond donors (Lipinski definition) is 2. The molecule has 0 atom stereocenters. The van der Waals surface area contributed by atoms with Crippen molar-refractivity contribution in [2.45, 2.75) is 6.92 Å². The van der Waals surface area contributed by atoms with Crippen molar-refractivity contribution in [3.63, 3.8) is 0 Å². The van der Waals surface area contributed by atoms with Gasteiger partial charge in [-0.1, -0.05) is 23.7 Å². The van der Waals surface area contributed by atoms with E-state index in [2.05, 4.69) is 5.32 Å². The minimum atomic E-state index is 0.0606. The van der Waals surface area contributed by atoms with Gasteiger partial charge in [-0.25, -0.2) is 0 Å². The van der Waals surface area contributed by atoms with Gasteiger partial charge in [0.25, 0.3) is 0 Å². The molecule has 1 rings (SSSR count). The highest BCUT2D eigenvalue weighted by Gasteiger charge is 2.01. The Kier molecular flexibility index (Phi) is 5.47. The lowest BCUT2D eigenvalue weighted by molar-refractivity contribution is 0.0992. The maximum Gasteiger partial charge on any atom is 0.0698 e. The number of ether oxygens (including phenoxy) is 1. The van der Waals surface area contributed by atoms with Gasteiger partial charge in [-0.2, -0.15) is 0 Å². The van der Waals surface area contributed by atoms with Crippen LogP contribution in [0.4, 0.5) is 5.69 Å². The first-order valence-corrected chi connectivity index (χ1v) is 5.31. The number of para-hydroxylation sites is 1. The Hall–Kier alpha value is -0.770. The van der Waals surface area contributed by atoms with Crippen LogP contribution in [0.25, 0.3) is 0 Å². The summed E-state index contributed by atoms with van der Waals surface area (Å²) in [6.45, 7) is 3.69. The molecule has 2 N–H and O–H groups in total. The second kappa shape index (κ2) is 6.67. The molecule has 0 aliphatic heterocycles. The number of nitrogens with one attached hydrogen (secondary N) is 1. The number of aryl methyl sites for hydroxylation is 1. The maximum atomic E-state index is 8.50. The van der Waals surface area contributed by atoms with Gasteiger partial charge in [-0.05, 0) is 18.6 Å². The summed E-state index contributed by atoms with van der Waals surface area (Å²) in [6, 6.07) is 5.78. The molecule has 0 radical (unpaired) electrons. The van der Waals surface area contributed by atoms with Crippen molar-refractivity contribution >= 4 is 17.3 Å². The third kappa shape index (κ3) is 4.08. The van der Waals surface area contributed by atoms with Crippen molar-refractivity contribution in [2.75, 3.05) is 31.7 Å². The molecule has 0 amide bonds. The van der Waals surface area contributed by atoms with Crippen LogP contribution >= 0.6 is 11.6 Å². The summed E-state index contributed by atoms with van der Waals surface area (Å²) >= 11 is 6.03. The highest BCUT2D eigenvalue weighted by molar-refractivity contribution is 6.33. The van der Waals surface area contributed by atoms with Gasteiger partial charge in [0.1, 0.15) is 0 Å². The summed E-state index contributed by atoms with van der Waals surface area (Å²) in [6.07, 6.45) is 0. The van der Waals surface area contributed by atoms with E-state index >= 15 is 0 Å². The van der Waals surface area contributed by atoms with E-state index in [4.69, 9.17) is 21.4 Å². The molecule has 0 fully saturated rings. The van der Waals surface area contributed by atoms with E-state index in [-0.39, 0.29) is 6.61 Å². The Labute approximate surface area is 95.0 Å². The predicted molar refractivity (Wildman–Crippen MR) is 62.6 cm³/mol. The Morgan fingerprint density at radius 3 is 2.87 bits per heavy atom. The van der Waals surface area contributed by atoms with Crippen LogP contribution in [0.3, 0.4) is 0 Å². The summed E-state index contributed by atoms with van der Waals surface area (Å²) in [5, 5.41) is 12.4. The van der Waals surface area contributed by atoms with E-state index in [1.165, 1.54) is 0 Å². The van der Waals surface area contributed by atoms with Crippen LogP contribution in [0.5, 0.6) is 0 Å². The lowest BCUT2D eigenvalue weighted by Gasteiger charge is -2.11. The van der Waals surface area contributed by atoms with E-state index in [0.717, 1.165) is 16.3 Å². The fourth-order valence-electron chi connectivity index (χ4n) is 1.27. The summed E-state index contributed by atoms with van der Waals surface area (Å²) < 4.78 is 5.13. The number of benzene rings is 1. The molecule has 0 unspecified atom stereocenters. The van der Waals surface area contributed by atoms with Gasteiger partial charge < -0.3 is 15.2 Å². The highest BCUT2D eigenvalue weighted by Crippen LogP contribution is 2.24. The van der Waals surface area contributed by atoms with Crippen LogP contribution < -0.4 is 5.32 Å². The van der Waals surface area contributed by atoms with Gasteiger partial charge in [0, 0.05) is 6.54 Å². The lowest BCUT2D eigenvalue weighted by atomic mass is 10.2. The molecule has 3 nitrogen and oxygen atoms in total. The normalized spacial score (nSPS) is 10.3. The molecular weight excluding hydrogens is 214 g/mol. The van der Waals surface area contributed by atoms with Gasteiger partial charge in [0.15, 0.2) is 0 Å². The topological polar surface area (TPSA) is 41.5 Å². The molecule has 84 valence electrons. The van der Waals surface area contributed by atoms with Gasteiger partial charge in [0.05, 0.1) is 30.5 Å². The summed E-state index contributed by atoms with van der Waals surface area (Å²) in [4.78, 5) is 0. The summed E-state index contributed by atoms with van der Waals surface area (Å²) in [5.74, 6) is 0. The first kappa shape index (κ1) is 12.3. The second-order valence-corrected chi connectivity index (χ2v) is 3.60. The fourth-order valence-corrected chi connectivity index (χ4v) is 1.56. The van der Waals surface area contributed by atoms with Crippen molar-refractivity contribution < 1.29 is 9.84 Å². The number of aliphatic hydroxyl groups is 1. The SMILES string of the molecule is Cc1cccc(Cl)c1NCCOCCO. The molecule has 0 saturated carbocycles. The molecule has 1 aromatic rings. The third-order valence-corrected chi connectivity index (χ3v) is 2.32. The first-order chi connectivity index (χ1) is 7.25. The van der Waals surface area contributed by atoms with E-state index < -0.39 is 0 Å². The third-order valence-electron chi connectivity index (χ3n) is 2.01. The molecule has 0 aliphatic rings. The van der Waals surface area contributed by atoms with Crippen LogP contribution in [-0.4, -0.2) is 31.5 Å². The Balaban J connectivity index is 2.37. The van der Waals surface area contributed by atoms with Crippen molar-refractivity contribution in [1.29, 1.82) is 0 Å². The Morgan fingerprint density at radius 2 is 2.20 bits per heavy atom. The van der Waals surface area contributed by atoms with Gasteiger partial charge in [-0.3, -0.25) is 0 Å². The van der Waals surface area contributed by atoms with Crippen molar-refractivity contribution in [3.05, 3.63) is 28.8 Å². The van der Waals surface area contributed by atoms with E-state index in [1.54, 1.807) is 0 Å². The lowest BCUT2D eigenvalue weighted by Crippen LogP contribution is -2.12. The number of halogens is 1. The molecule has 0 saturated heterocycles. The van der Waals surface area contributed by atoms with Crippen LogP contribution in [-0.2, 0) is 4.74 Å². The summed E-state index contributed by atoms with van der Waals surface area (Å²) in [7, 11) is 0. The molecule has 4 heteroatoms. The quantitative estimate of drug-likeness (QED) is 0.734. The van der Waals surface area contributed by atoms with Gasteiger partial charge >= 0.3 is 0 Å². The van der Waals surface area contributed by atoms with Crippen LogP contribution in [0.15, 0.2) is 18.2 Å². The average Bonchev–Trinajstić information content (AvgIpc) is 2.21. The van der Waals surface area contributed by atoms with E-state index in [9.17, 15) is 0 Å². The molecule has 0 heterocycles. The van der Waals surface area contributed by atoms with Crippen molar-refractivity contribution in [3.8, 4) is 0 Å². The monoisotopic (exact) mass is 229 g/mol. The maximum absolute atomic E-state index is 8.50. The van der Waals surface area contributed by atoms with Gasteiger partial charge in [-0.15, -0.1) is 0 Å². The fraction of sp³-hybridized carbons (Fsp3) is 0.455. The largest absolute Gasteiger partial charge is 0.394 e. The highest BCUT2D eigenvalue weighted by atomic mass is 35.5. The van der Waals surface area contributed by atoms with Gasteiger partial charge in [0.2, 0.25) is 0 Å². The predicted octanol–water partition coefficient (Wildman–Crippen LogP) is 2.07. The molecule has 0 aliphatic carbocycles. The van der Waals surface area contributed by atoms with Crippen molar-refractivity contribution in [1.82, 2.24) is 0 Å². The van der Waals surface area contributed by atoms with E-state index in [1.807, 2.05) is 25.1 Å². The molecule has 15 heavy (non-hydrogen) atoms. The van der Waals surface area contributed by atoms with Crippen LogP contribution in [0.1, 0.15) is 5.56 Å². The Bertz CT molecular complexity index is 284. The standard InChI is InChI=1S/C11H16ClNO2/c1-9-3-2-4-10(12)11(9)13-5-7-15-8-6-14/h2-4,13-14H,5-8H2,1H3. The first-order valence-electron chi connectivity index (χ1n) is 4.93. The second-order valence-electron chi connectivity index (χ2n) is 3.19. The molecule has 0 bridgehead atoms. The Morgan fingerprint density at radius 1 is 1.40 bits per heavy atom. The number of rotatable bonds is 6. The zero-order chi connectivity index (χ0) is 11.1. The zero-order valence-electron chi connectivity index (χ0n) is 8.79. The zero-order valence-corrected chi connectivity index (χ0v) is 9.55. The average molecular weight is 230 g/mol. The minimum absolute atomic E-state index is 0.0606. The van der Waals surface area contributed by atoms with Crippen LogP contribution in [0.2, 0.25) is 5.02 Å². The molecule has 0 aromatic heterocycles.